The highest BCUT2D eigenvalue weighted by Gasteiger charge is 2.66. The molecule has 1 amide bonds. The number of amides is 1. The minimum absolute atomic E-state index is 0.102. The van der Waals surface area contributed by atoms with E-state index >= 15 is 0 Å². The fourth-order valence-corrected chi connectivity index (χ4v) is 11.8. The van der Waals surface area contributed by atoms with E-state index in [1.807, 2.05) is 31.2 Å². The van der Waals surface area contributed by atoms with E-state index in [0.717, 1.165) is 16.5 Å². The van der Waals surface area contributed by atoms with Gasteiger partial charge in [-0.05, 0) is 60.0 Å². The largest absolute Gasteiger partial charge is 0.497 e. The van der Waals surface area contributed by atoms with Crippen LogP contribution in [0.1, 0.15) is 24.5 Å². The number of nitrogens with zero attached hydrogens (tertiary/aromatic N) is 3. The average Bonchev–Trinajstić information content (AvgIpc) is 3.51. The monoisotopic (exact) mass is 669 g/mol. The minimum atomic E-state index is -2.40. The number of hydrogen-bond donors (Lipinski definition) is 1. The summed E-state index contributed by atoms with van der Waals surface area (Å²) in [7, 11) is 0.663. The van der Waals surface area contributed by atoms with Crippen molar-refractivity contribution in [3.63, 3.8) is 0 Å². The Bertz CT molecular complexity index is 1910. The minimum Gasteiger partial charge on any atom is -0.497 e. The van der Waals surface area contributed by atoms with Gasteiger partial charge in [0.1, 0.15) is 5.75 Å². The van der Waals surface area contributed by atoms with Gasteiger partial charge < -0.3 is 24.2 Å². The molecule has 4 atom stereocenters. The zero-order chi connectivity index (χ0) is 34.4. The summed E-state index contributed by atoms with van der Waals surface area (Å²) >= 11 is 0. The molecule has 3 aromatic carbocycles. The number of ether oxygens (including phenoxy) is 3. The van der Waals surface area contributed by atoms with E-state index < -0.39 is 24.7 Å². The first-order valence-corrected chi connectivity index (χ1v) is 18.9. The fraction of sp³-hybridized carbons (Fsp3) is 0.333. The summed E-state index contributed by atoms with van der Waals surface area (Å²) < 4.78 is 18.9. The number of hydrogen-bond acceptors (Lipinski definition) is 8. The lowest BCUT2D eigenvalue weighted by molar-refractivity contribution is -0.385. The van der Waals surface area contributed by atoms with Gasteiger partial charge in [-0.2, -0.15) is 0 Å². The Hall–Kier alpha value is -4.78. The summed E-state index contributed by atoms with van der Waals surface area (Å²) in [5.74, 6) is 0.318. The van der Waals surface area contributed by atoms with Gasteiger partial charge in [0.05, 0.1) is 45.6 Å². The summed E-state index contributed by atoms with van der Waals surface area (Å²) in [4.78, 5) is 40.8. The number of non-ortho nitro benzene ring substituents is 1. The van der Waals surface area contributed by atoms with Crippen LogP contribution in [-0.2, 0) is 21.7 Å². The molecule has 0 radical (unpaired) electrons. The molecule has 1 aromatic heterocycles. The van der Waals surface area contributed by atoms with Gasteiger partial charge in [-0.1, -0.05) is 49.5 Å². The number of nitro benzene ring substituents is 1. The van der Waals surface area contributed by atoms with Crippen molar-refractivity contribution in [3.8, 4) is 17.2 Å². The van der Waals surface area contributed by atoms with Gasteiger partial charge in [-0.3, -0.25) is 24.3 Å². The number of aromatic nitrogens is 1. The topological polar surface area (TPSA) is 133 Å². The van der Waals surface area contributed by atoms with Crippen molar-refractivity contribution in [1.82, 2.24) is 4.57 Å². The van der Waals surface area contributed by atoms with Crippen molar-refractivity contribution in [2.45, 2.75) is 50.2 Å². The molecule has 1 N–H and O–H groups in total. The van der Waals surface area contributed by atoms with Gasteiger partial charge in [0.25, 0.3) is 17.2 Å². The van der Waals surface area contributed by atoms with E-state index in [0.29, 0.717) is 23.4 Å². The maximum atomic E-state index is 14.8. The van der Waals surface area contributed by atoms with Crippen molar-refractivity contribution in [3.05, 3.63) is 117 Å². The van der Waals surface area contributed by atoms with Crippen LogP contribution in [0.15, 0.2) is 89.9 Å². The third kappa shape index (κ3) is 5.29. The molecule has 0 bridgehead atoms. The molecule has 12 heteroatoms. The van der Waals surface area contributed by atoms with Gasteiger partial charge in [0.15, 0.2) is 11.4 Å². The maximum absolute atomic E-state index is 14.8. The third-order valence-corrected chi connectivity index (χ3v) is 14.5. The number of rotatable bonds is 10. The van der Waals surface area contributed by atoms with Gasteiger partial charge in [0.2, 0.25) is 0 Å². The fourth-order valence-electron chi connectivity index (χ4n) is 7.75. The van der Waals surface area contributed by atoms with Gasteiger partial charge in [0, 0.05) is 42.1 Å². The molecule has 1 fully saturated rings. The van der Waals surface area contributed by atoms with E-state index in [9.17, 15) is 24.8 Å². The van der Waals surface area contributed by atoms with Crippen LogP contribution in [0.25, 0.3) is 5.69 Å². The lowest BCUT2D eigenvalue weighted by Crippen LogP contribution is -2.51. The van der Waals surface area contributed by atoms with Crippen LogP contribution < -0.4 is 25.1 Å². The molecule has 0 aliphatic carbocycles. The first kappa shape index (κ1) is 33.1. The molecular formula is C36H39N3O8Si. The summed E-state index contributed by atoms with van der Waals surface area (Å²) in [5.41, 5.74) is 0.464. The molecule has 1 spiro atoms. The number of aliphatic hydroxyl groups excluding tert-OH is 1. The average molecular weight is 670 g/mol. The second-order valence-corrected chi connectivity index (χ2v) is 17.6. The van der Waals surface area contributed by atoms with Crippen LogP contribution in [-0.4, -0.2) is 55.5 Å². The molecule has 0 unspecified atom stereocenters. The number of anilines is 1. The number of fused-ring (bicyclic) bond motifs is 2. The van der Waals surface area contributed by atoms with Gasteiger partial charge >= 0.3 is 0 Å². The molecule has 2 aliphatic rings. The Kier molecular flexibility index (Phi) is 8.75. The van der Waals surface area contributed by atoms with Crippen molar-refractivity contribution in [2.24, 2.45) is 5.92 Å². The molecule has 2 aliphatic heterocycles. The first-order chi connectivity index (χ1) is 23.0. The highest BCUT2D eigenvalue weighted by Crippen LogP contribution is 2.60. The zero-order valence-electron chi connectivity index (χ0n) is 27.6. The quantitative estimate of drug-likeness (QED) is 0.143. The smallest absolute Gasteiger partial charge is 0.297 e. The Labute approximate surface area is 279 Å². The summed E-state index contributed by atoms with van der Waals surface area (Å²) in [6.07, 6.45) is 1.53. The van der Waals surface area contributed by atoms with Crippen LogP contribution in [0.2, 0.25) is 18.6 Å². The summed E-state index contributed by atoms with van der Waals surface area (Å²) in [6.45, 7) is 6.54. The third-order valence-electron chi connectivity index (χ3n) is 10.1. The lowest BCUT2D eigenvalue weighted by Gasteiger charge is -2.37. The van der Waals surface area contributed by atoms with Crippen LogP contribution in [0.4, 0.5) is 11.4 Å². The Balaban J connectivity index is 1.40. The molecule has 0 saturated carbocycles. The SMILES string of the molecule is COc1ccc([Si](C)(C)[C@H]2[C@H](CCO)O[C@@]3(C(=O)N(Cc4ccc(-n5cccc(OC)c5=O)cc4)c4ccc([N+](=O)[O-])cc43)[C@@H]2C)cc1. The van der Waals surface area contributed by atoms with Crippen LogP contribution in [0.3, 0.4) is 0 Å². The highest BCUT2D eigenvalue weighted by molar-refractivity contribution is 6.91. The van der Waals surface area contributed by atoms with Gasteiger partial charge in [-0.25, -0.2) is 0 Å². The number of aliphatic hydroxyl groups is 1. The van der Waals surface area contributed by atoms with E-state index in [4.69, 9.17) is 14.2 Å². The number of carbonyl (C=O) groups is 1. The maximum Gasteiger partial charge on any atom is 0.297 e. The molecule has 1 saturated heterocycles. The Morgan fingerprint density at radius 2 is 1.71 bits per heavy atom. The normalized spacial score (nSPS) is 21.8. The van der Waals surface area contributed by atoms with Crippen molar-refractivity contribution in [1.29, 1.82) is 0 Å². The highest BCUT2D eigenvalue weighted by atomic mass is 28.3. The zero-order valence-corrected chi connectivity index (χ0v) is 28.6. The standard InChI is InChI=1S/C36H39N3O8Si/c1-23-33(48(4,5)28-15-13-27(45-2)14-16-28)31(18-20-40)47-36(23)29-21-26(39(43)44)12-17-30(29)38(35(36)42)22-24-8-10-25(11-9-24)37-19-6-7-32(46-3)34(37)41/h6-17,19,21,23,31,33,40H,18,20,22H2,1-5H3/t23-,31+,33-,36+/m1/s1. The number of carbonyl (C=O) groups excluding carboxylic acids is 1. The second-order valence-electron chi connectivity index (χ2n) is 12.9. The Morgan fingerprint density at radius 1 is 1.00 bits per heavy atom. The molecular weight excluding hydrogens is 630 g/mol. The van der Waals surface area contributed by atoms with Crippen LogP contribution >= 0.6 is 0 Å². The first-order valence-electron chi connectivity index (χ1n) is 15.9. The molecule has 6 rings (SSSR count). The van der Waals surface area contributed by atoms with Crippen LogP contribution in [0, 0.1) is 16.0 Å². The van der Waals surface area contributed by atoms with E-state index in [2.05, 4.69) is 25.2 Å². The molecule has 48 heavy (non-hydrogen) atoms. The van der Waals surface area contributed by atoms with Gasteiger partial charge in [-0.15, -0.1) is 0 Å². The molecule has 11 nitrogen and oxygen atoms in total. The van der Waals surface area contributed by atoms with E-state index in [1.165, 1.54) is 23.8 Å². The van der Waals surface area contributed by atoms with Crippen molar-refractivity contribution in [2.75, 3.05) is 25.7 Å². The number of methoxy groups -OCH3 is 2. The summed E-state index contributed by atoms with van der Waals surface area (Å²) in [6, 6.07) is 23.1. The lowest BCUT2D eigenvalue weighted by atomic mass is 9.82. The Morgan fingerprint density at radius 3 is 2.33 bits per heavy atom. The molecule has 3 heterocycles. The second kappa shape index (κ2) is 12.7. The van der Waals surface area contributed by atoms with E-state index in [-0.39, 0.29) is 47.5 Å². The molecule has 4 aromatic rings. The molecule has 250 valence electrons. The number of pyridine rings is 1. The predicted octanol–water partition coefficient (Wildman–Crippen LogP) is 4.91. The number of benzene rings is 3. The van der Waals surface area contributed by atoms with E-state index in [1.54, 1.807) is 48.5 Å². The number of nitro groups is 1. The summed E-state index contributed by atoms with van der Waals surface area (Å²) in [5, 5.41) is 23.3. The predicted molar refractivity (Wildman–Crippen MR) is 184 cm³/mol. The van der Waals surface area contributed by atoms with Crippen molar-refractivity contribution >= 4 is 30.5 Å². The van der Waals surface area contributed by atoms with Crippen LogP contribution in [0.5, 0.6) is 11.5 Å². The van der Waals surface area contributed by atoms with Crippen molar-refractivity contribution < 1.29 is 29.0 Å².